The molecule has 1 aromatic heterocycles. The Balaban J connectivity index is 1.67. The molecule has 27 heavy (non-hydrogen) atoms. The molecule has 0 aliphatic carbocycles. The quantitative estimate of drug-likeness (QED) is 0.758. The number of hydrogen-bond acceptors (Lipinski definition) is 5. The zero-order valence-corrected chi connectivity index (χ0v) is 17.0. The summed E-state index contributed by atoms with van der Waals surface area (Å²) in [6.45, 7) is 4.35. The summed E-state index contributed by atoms with van der Waals surface area (Å²) in [6.07, 6.45) is 2.56. The normalized spacial score (nSPS) is 13.4. The lowest BCUT2D eigenvalue weighted by Crippen LogP contribution is -2.41. The van der Waals surface area contributed by atoms with E-state index in [0.29, 0.717) is 29.1 Å². The summed E-state index contributed by atoms with van der Waals surface area (Å²) >= 11 is 1.41. The van der Waals surface area contributed by atoms with Crippen LogP contribution in [0.15, 0.2) is 24.3 Å². The number of fused-ring (bicyclic) bond motifs is 1. The molecule has 1 aliphatic rings. The maximum absolute atomic E-state index is 12.3. The van der Waals surface area contributed by atoms with Gasteiger partial charge in [-0.15, -0.1) is 11.3 Å². The molecular weight excluding hydrogens is 386 g/mol. The van der Waals surface area contributed by atoms with E-state index in [1.807, 2.05) is 13.8 Å². The Morgan fingerprint density at radius 2 is 1.89 bits per heavy atom. The van der Waals surface area contributed by atoms with E-state index >= 15 is 0 Å². The first-order valence-electron chi connectivity index (χ1n) is 8.51. The van der Waals surface area contributed by atoms with Gasteiger partial charge in [-0.2, -0.15) is 0 Å². The summed E-state index contributed by atoms with van der Waals surface area (Å²) < 4.78 is 24.9. The molecule has 7 nitrogen and oxygen atoms in total. The molecule has 0 bridgehead atoms. The Hall–Kier alpha value is -2.39. The molecule has 0 saturated carbocycles. The van der Waals surface area contributed by atoms with Gasteiger partial charge in [-0.05, 0) is 55.2 Å². The lowest BCUT2D eigenvalue weighted by molar-refractivity contribution is 0.0849. The Labute approximate surface area is 162 Å². The standard InChI is InChI=1S/C18H21N3O4S2/c1-4-15-11(2)9-16(26-15)18(23)20-19-17(22)13-5-6-14-12(10-13)7-8-21(14)27(3,24)25/h5-6,9-10H,4,7-8H2,1-3H3,(H,19,22)(H,20,23). The van der Waals surface area contributed by atoms with Crippen molar-refractivity contribution in [1.82, 2.24) is 10.9 Å². The van der Waals surface area contributed by atoms with Crippen LogP contribution in [0.2, 0.25) is 0 Å². The number of hydrogen-bond donors (Lipinski definition) is 2. The molecule has 0 radical (unpaired) electrons. The van der Waals surface area contributed by atoms with Gasteiger partial charge in [0.15, 0.2) is 0 Å². The van der Waals surface area contributed by atoms with Gasteiger partial charge in [0.1, 0.15) is 0 Å². The van der Waals surface area contributed by atoms with Crippen LogP contribution in [-0.4, -0.2) is 33.0 Å². The van der Waals surface area contributed by atoms with E-state index in [4.69, 9.17) is 0 Å². The first-order valence-corrected chi connectivity index (χ1v) is 11.2. The van der Waals surface area contributed by atoms with Crippen molar-refractivity contribution in [2.45, 2.75) is 26.7 Å². The van der Waals surface area contributed by atoms with Gasteiger partial charge in [-0.25, -0.2) is 8.42 Å². The van der Waals surface area contributed by atoms with Crippen molar-refractivity contribution in [1.29, 1.82) is 0 Å². The van der Waals surface area contributed by atoms with Crippen molar-refractivity contribution >= 4 is 38.9 Å². The van der Waals surface area contributed by atoms with E-state index in [9.17, 15) is 18.0 Å². The number of sulfonamides is 1. The molecule has 9 heteroatoms. The maximum Gasteiger partial charge on any atom is 0.279 e. The Morgan fingerprint density at radius 3 is 2.52 bits per heavy atom. The predicted molar refractivity (Wildman–Crippen MR) is 106 cm³/mol. The van der Waals surface area contributed by atoms with Crippen LogP contribution >= 0.6 is 11.3 Å². The van der Waals surface area contributed by atoms with E-state index in [1.54, 1.807) is 24.3 Å². The molecule has 1 aromatic carbocycles. The smallest absolute Gasteiger partial charge is 0.270 e. The Morgan fingerprint density at radius 1 is 1.19 bits per heavy atom. The van der Waals surface area contributed by atoms with Gasteiger partial charge in [0.25, 0.3) is 11.8 Å². The zero-order chi connectivity index (χ0) is 19.8. The minimum Gasteiger partial charge on any atom is -0.270 e. The number of amides is 2. The number of benzene rings is 1. The zero-order valence-electron chi connectivity index (χ0n) is 15.3. The van der Waals surface area contributed by atoms with Crippen molar-refractivity contribution in [2.75, 3.05) is 17.1 Å². The molecule has 0 atom stereocenters. The molecule has 3 rings (SSSR count). The molecule has 0 spiro atoms. The third-order valence-corrected chi connectivity index (χ3v) is 7.01. The topological polar surface area (TPSA) is 95.6 Å². The number of hydrazine groups is 1. The minimum atomic E-state index is -3.33. The Bertz CT molecular complexity index is 1010. The van der Waals surface area contributed by atoms with E-state index in [-0.39, 0.29) is 5.91 Å². The average molecular weight is 408 g/mol. The highest BCUT2D eigenvalue weighted by Crippen LogP contribution is 2.30. The van der Waals surface area contributed by atoms with Gasteiger partial charge in [0.2, 0.25) is 10.0 Å². The molecule has 2 N–H and O–H groups in total. The van der Waals surface area contributed by atoms with Gasteiger partial charge < -0.3 is 0 Å². The molecule has 0 saturated heterocycles. The van der Waals surface area contributed by atoms with Crippen LogP contribution in [0.1, 0.15) is 43.0 Å². The number of aryl methyl sites for hydroxylation is 2. The van der Waals surface area contributed by atoms with Gasteiger partial charge in [-0.3, -0.25) is 24.7 Å². The molecule has 2 aromatic rings. The highest BCUT2D eigenvalue weighted by molar-refractivity contribution is 7.92. The number of anilines is 1. The fraction of sp³-hybridized carbons (Fsp3) is 0.333. The highest BCUT2D eigenvalue weighted by atomic mass is 32.2. The van der Waals surface area contributed by atoms with Crippen molar-refractivity contribution in [3.8, 4) is 0 Å². The van der Waals surface area contributed by atoms with Crippen LogP contribution in [0.25, 0.3) is 0 Å². The first-order chi connectivity index (χ1) is 12.7. The predicted octanol–water partition coefficient (Wildman–Crippen LogP) is 2.02. The van der Waals surface area contributed by atoms with Crippen LogP contribution in [0.4, 0.5) is 5.69 Å². The molecule has 2 amide bonds. The molecule has 0 fully saturated rings. The van der Waals surface area contributed by atoms with Gasteiger partial charge in [0, 0.05) is 17.0 Å². The van der Waals surface area contributed by atoms with Crippen molar-refractivity contribution in [3.63, 3.8) is 0 Å². The number of thiophene rings is 1. The van der Waals surface area contributed by atoms with E-state index in [0.717, 1.165) is 28.7 Å². The number of rotatable bonds is 4. The fourth-order valence-electron chi connectivity index (χ4n) is 3.09. The molecule has 0 unspecified atom stereocenters. The third-order valence-electron chi connectivity index (χ3n) is 4.45. The lowest BCUT2D eigenvalue weighted by atomic mass is 10.1. The second-order valence-corrected chi connectivity index (χ2v) is 9.45. The summed E-state index contributed by atoms with van der Waals surface area (Å²) in [5, 5.41) is 0. The van der Waals surface area contributed by atoms with Crippen LogP contribution in [0, 0.1) is 6.92 Å². The SMILES string of the molecule is CCc1sc(C(=O)NNC(=O)c2ccc3c(c2)CCN3S(C)(=O)=O)cc1C. The van der Waals surface area contributed by atoms with Gasteiger partial charge >= 0.3 is 0 Å². The molecule has 1 aliphatic heterocycles. The van der Waals surface area contributed by atoms with Crippen LogP contribution < -0.4 is 15.2 Å². The lowest BCUT2D eigenvalue weighted by Gasteiger charge is -2.16. The minimum absolute atomic E-state index is 0.361. The molecular formula is C18H21N3O4S2. The second kappa shape index (κ2) is 7.32. The number of carbonyl (C=O) groups excluding carboxylic acids is 2. The van der Waals surface area contributed by atoms with Gasteiger partial charge in [0.05, 0.1) is 16.8 Å². The summed E-state index contributed by atoms with van der Waals surface area (Å²) in [7, 11) is -3.33. The highest BCUT2D eigenvalue weighted by Gasteiger charge is 2.26. The van der Waals surface area contributed by atoms with Crippen LogP contribution in [0.3, 0.4) is 0 Å². The van der Waals surface area contributed by atoms with E-state index in [2.05, 4.69) is 10.9 Å². The van der Waals surface area contributed by atoms with E-state index < -0.39 is 15.9 Å². The Kier molecular flexibility index (Phi) is 5.25. The number of nitrogens with one attached hydrogen (secondary N) is 2. The van der Waals surface area contributed by atoms with Gasteiger partial charge in [-0.1, -0.05) is 6.92 Å². The average Bonchev–Trinajstić information content (AvgIpc) is 3.21. The summed E-state index contributed by atoms with van der Waals surface area (Å²) in [6, 6.07) is 6.64. The van der Waals surface area contributed by atoms with Crippen LogP contribution in [-0.2, 0) is 22.9 Å². The third kappa shape index (κ3) is 3.98. The van der Waals surface area contributed by atoms with Crippen LogP contribution in [0.5, 0.6) is 0 Å². The second-order valence-electron chi connectivity index (χ2n) is 6.41. The molecule has 2 heterocycles. The van der Waals surface area contributed by atoms with Crippen molar-refractivity contribution in [2.24, 2.45) is 0 Å². The maximum atomic E-state index is 12.3. The first kappa shape index (κ1) is 19.4. The van der Waals surface area contributed by atoms with E-state index in [1.165, 1.54) is 15.6 Å². The summed E-state index contributed by atoms with van der Waals surface area (Å²) in [5.41, 5.74) is 7.66. The molecule has 144 valence electrons. The summed E-state index contributed by atoms with van der Waals surface area (Å²) in [5.74, 6) is -0.812. The monoisotopic (exact) mass is 407 g/mol. The fourth-order valence-corrected chi connectivity index (χ4v) is 5.05. The van der Waals surface area contributed by atoms with Crippen molar-refractivity contribution in [3.05, 3.63) is 50.7 Å². The van der Waals surface area contributed by atoms with Crippen molar-refractivity contribution < 1.29 is 18.0 Å². The summed E-state index contributed by atoms with van der Waals surface area (Å²) in [4.78, 5) is 26.2. The largest absolute Gasteiger partial charge is 0.279 e. The number of carbonyl (C=O) groups is 2. The number of nitrogens with zero attached hydrogens (tertiary/aromatic N) is 1.